The van der Waals surface area contributed by atoms with E-state index < -0.39 is 6.23 Å². The smallest absolute Gasteiger partial charge is 0.350 e. The summed E-state index contributed by atoms with van der Waals surface area (Å²) in [6, 6.07) is 0. The third kappa shape index (κ3) is 2.97. The van der Waals surface area contributed by atoms with Gasteiger partial charge in [-0.1, -0.05) is 13.8 Å². The number of hydrogen-bond acceptors (Lipinski definition) is 4. The second-order valence-corrected chi connectivity index (χ2v) is 3.70. The van der Waals surface area contributed by atoms with E-state index in [4.69, 9.17) is 4.74 Å². The van der Waals surface area contributed by atoms with Gasteiger partial charge in [0.05, 0.1) is 13.2 Å². The van der Waals surface area contributed by atoms with E-state index in [1.807, 2.05) is 0 Å². The highest BCUT2D eigenvalue weighted by Gasteiger charge is 2.30. The molecule has 2 unspecified atom stereocenters. The molecule has 0 aromatic heterocycles. The molecule has 2 atom stereocenters. The summed E-state index contributed by atoms with van der Waals surface area (Å²) in [5.41, 5.74) is 0. The molecule has 13 heavy (non-hydrogen) atoms. The molecule has 4 nitrogen and oxygen atoms in total. The zero-order valence-electron chi connectivity index (χ0n) is 8.37. The van der Waals surface area contributed by atoms with E-state index in [-0.39, 0.29) is 12.1 Å². The van der Waals surface area contributed by atoms with Gasteiger partial charge in [0.1, 0.15) is 0 Å². The van der Waals surface area contributed by atoms with Crippen molar-refractivity contribution in [3.05, 3.63) is 0 Å². The number of carbonyl (C=O) groups excluding carboxylic acids is 1. The van der Waals surface area contributed by atoms with Gasteiger partial charge in [-0.25, -0.2) is 4.79 Å². The zero-order valence-corrected chi connectivity index (χ0v) is 8.37. The van der Waals surface area contributed by atoms with Crippen molar-refractivity contribution in [1.82, 2.24) is 5.32 Å². The Morgan fingerprint density at radius 3 is 2.92 bits per heavy atom. The van der Waals surface area contributed by atoms with Crippen molar-refractivity contribution in [3.8, 4) is 0 Å². The van der Waals surface area contributed by atoms with Crippen molar-refractivity contribution in [2.45, 2.75) is 32.6 Å². The lowest BCUT2D eigenvalue weighted by atomic mass is 10.1. The van der Waals surface area contributed by atoms with Crippen LogP contribution < -0.4 is 5.32 Å². The highest BCUT2D eigenvalue weighted by Crippen LogP contribution is 2.14. The topological polar surface area (TPSA) is 47.6 Å². The van der Waals surface area contributed by atoms with Crippen LogP contribution in [0.2, 0.25) is 0 Å². The molecule has 1 aliphatic heterocycles. The molecule has 1 aliphatic rings. The molecule has 0 aromatic carbocycles. The molecule has 1 saturated heterocycles. The zero-order chi connectivity index (χ0) is 9.84. The molecule has 4 heteroatoms. The monoisotopic (exact) mass is 187 g/mol. The summed E-state index contributed by atoms with van der Waals surface area (Å²) in [5.74, 6) is 0.245. The van der Waals surface area contributed by atoms with Crippen molar-refractivity contribution in [2.75, 3.05) is 13.7 Å². The Hall–Kier alpha value is -0.610. The standard InChI is InChI=1S/C9H17NO3/c1-6(2)4-7-5-10-8(13-7)9(11)12-3/h6-8,10H,4-5H2,1-3H3. The van der Waals surface area contributed by atoms with Crippen LogP contribution in [0, 0.1) is 5.92 Å². The summed E-state index contributed by atoms with van der Waals surface area (Å²) in [5, 5.41) is 2.97. The van der Waals surface area contributed by atoms with Crippen LogP contribution in [-0.4, -0.2) is 32.0 Å². The second kappa shape index (κ2) is 4.58. The van der Waals surface area contributed by atoms with Crippen LogP contribution in [0.1, 0.15) is 20.3 Å². The summed E-state index contributed by atoms with van der Waals surface area (Å²) < 4.78 is 10.0. The van der Waals surface area contributed by atoms with Gasteiger partial charge in [-0.05, 0) is 12.3 Å². The third-order valence-electron chi connectivity index (χ3n) is 2.01. The molecule has 0 saturated carbocycles. The molecule has 0 radical (unpaired) electrons. The molecule has 0 spiro atoms. The predicted octanol–water partition coefficient (Wildman–Crippen LogP) is 0.520. The summed E-state index contributed by atoms with van der Waals surface area (Å²) in [7, 11) is 1.36. The summed E-state index contributed by atoms with van der Waals surface area (Å²) in [6.45, 7) is 5.00. The minimum Gasteiger partial charge on any atom is -0.466 e. The van der Waals surface area contributed by atoms with Gasteiger partial charge in [-0.2, -0.15) is 0 Å². The first-order chi connectivity index (χ1) is 6.13. The number of methoxy groups -OCH3 is 1. The molecular formula is C9H17NO3. The van der Waals surface area contributed by atoms with Gasteiger partial charge in [0.15, 0.2) is 0 Å². The van der Waals surface area contributed by atoms with Gasteiger partial charge in [0.2, 0.25) is 6.23 Å². The van der Waals surface area contributed by atoms with Crippen LogP contribution in [0.5, 0.6) is 0 Å². The van der Waals surface area contributed by atoms with E-state index >= 15 is 0 Å². The van der Waals surface area contributed by atoms with E-state index in [1.54, 1.807) is 0 Å². The SMILES string of the molecule is COC(=O)C1NCC(CC(C)C)O1. The lowest BCUT2D eigenvalue weighted by Crippen LogP contribution is -2.32. The van der Waals surface area contributed by atoms with Crippen LogP contribution >= 0.6 is 0 Å². The maximum Gasteiger partial charge on any atom is 0.350 e. The second-order valence-electron chi connectivity index (χ2n) is 3.70. The van der Waals surface area contributed by atoms with Crippen LogP contribution in [-0.2, 0) is 14.3 Å². The van der Waals surface area contributed by atoms with Gasteiger partial charge in [-0.15, -0.1) is 0 Å². The highest BCUT2D eigenvalue weighted by atomic mass is 16.6. The fourth-order valence-electron chi connectivity index (χ4n) is 1.44. The Kier molecular flexibility index (Phi) is 3.69. The molecule has 1 N–H and O–H groups in total. The molecule has 76 valence electrons. The Morgan fingerprint density at radius 1 is 1.69 bits per heavy atom. The Bertz CT molecular complexity index is 182. The lowest BCUT2D eigenvalue weighted by molar-refractivity contribution is -0.154. The molecule has 0 aliphatic carbocycles. The van der Waals surface area contributed by atoms with Crippen LogP contribution in [0.15, 0.2) is 0 Å². The molecule has 0 bridgehead atoms. The van der Waals surface area contributed by atoms with E-state index in [1.165, 1.54) is 7.11 Å². The van der Waals surface area contributed by atoms with Crippen molar-refractivity contribution in [2.24, 2.45) is 5.92 Å². The lowest BCUT2D eigenvalue weighted by Gasteiger charge is -2.12. The molecule has 0 amide bonds. The maximum atomic E-state index is 11.0. The van der Waals surface area contributed by atoms with Crippen LogP contribution in [0.4, 0.5) is 0 Å². The predicted molar refractivity (Wildman–Crippen MR) is 48.1 cm³/mol. The highest BCUT2D eigenvalue weighted by molar-refractivity contribution is 5.74. The minimum atomic E-state index is -0.561. The number of rotatable bonds is 3. The molecular weight excluding hydrogens is 170 g/mol. The first-order valence-corrected chi connectivity index (χ1v) is 4.60. The maximum absolute atomic E-state index is 11.0. The number of ether oxygens (including phenoxy) is 2. The Labute approximate surface area is 78.6 Å². The van der Waals surface area contributed by atoms with Crippen LogP contribution in [0.3, 0.4) is 0 Å². The summed E-state index contributed by atoms with van der Waals surface area (Å²) in [4.78, 5) is 11.0. The largest absolute Gasteiger partial charge is 0.466 e. The number of nitrogens with one attached hydrogen (secondary N) is 1. The van der Waals surface area contributed by atoms with Crippen molar-refractivity contribution in [1.29, 1.82) is 0 Å². The fourth-order valence-corrected chi connectivity index (χ4v) is 1.44. The van der Waals surface area contributed by atoms with Crippen LogP contribution in [0.25, 0.3) is 0 Å². The molecule has 1 fully saturated rings. The number of carbonyl (C=O) groups is 1. The fraction of sp³-hybridized carbons (Fsp3) is 0.889. The van der Waals surface area contributed by atoms with Gasteiger partial charge in [0, 0.05) is 6.54 Å². The van der Waals surface area contributed by atoms with E-state index in [0.717, 1.165) is 13.0 Å². The molecule has 1 rings (SSSR count). The average molecular weight is 187 g/mol. The first-order valence-electron chi connectivity index (χ1n) is 4.60. The number of hydrogen-bond donors (Lipinski definition) is 1. The van der Waals surface area contributed by atoms with Gasteiger partial charge >= 0.3 is 5.97 Å². The Balaban J connectivity index is 2.32. The van der Waals surface area contributed by atoms with Gasteiger partial charge in [0.25, 0.3) is 0 Å². The van der Waals surface area contributed by atoms with Crippen molar-refractivity contribution in [3.63, 3.8) is 0 Å². The first kappa shape index (κ1) is 10.5. The average Bonchev–Trinajstić information content (AvgIpc) is 2.50. The quantitative estimate of drug-likeness (QED) is 0.654. The van der Waals surface area contributed by atoms with Crippen molar-refractivity contribution < 1.29 is 14.3 Å². The third-order valence-corrected chi connectivity index (χ3v) is 2.01. The molecule has 0 aromatic rings. The summed E-state index contributed by atoms with van der Waals surface area (Å²) in [6.07, 6.45) is 0.554. The van der Waals surface area contributed by atoms with Gasteiger partial charge in [-0.3, -0.25) is 5.32 Å². The van der Waals surface area contributed by atoms with E-state index in [9.17, 15) is 4.79 Å². The number of esters is 1. The Morgan fingerprint density at radius 2 is 2.38 bits per heavy atom. The minimum absolute atomic E-state index is 0.143. The summed E-state index contributed by atoms with van der Waals surface area (Å²) >= 11 is 0. The van der Waals surface area contributed by atoms with E-state index in [2.05, 4.69) is 23.9 Å². The normalized spacial score (nSPS) is 28.0. The molecule has 1 heterocycles. The van der Waals surface area contributed by atoms with E-state index in [0.29, 0.717) is 5.92 Å². The van der Waals surface area contributed by atoms with Gasteiger partial charge < -0.3 is 9.47 Å². The van der Waals surface area contributed by atoms with Crippen molar-refractivity contribution >= 4 is 5.97 Å².